The van der Waals surface area contributed by atoms with Gasteiger partial charge in [-0.25, -0.2) is 4.39 Å². The Balaban J connectivity index is 2.61. The van der Waals surface area contributed by atoms with Gasteiger partial charge in [0.15, 0.2) is 0 Å². The SMILES string of the molecule is Cc1cc(O)cc(-c2cc(C(F)(F)F)ccc2F)c1. The van der Waals surface area contributed by atoms with Crippen molar-refractivity contribution in [2.45, 2.75) is 13.1 Å². The lowest BCUT2D eigenvalue weighted by molar-refractivity contribution is -0.137. The lowest BCUT2D eigenvalue weighted by atomic mass is 10.00. The topological polar surface area (TPSA) is 20.2 Å². The number of aromatic hydroxyl groups is 1. The molecule has 0 atom stereocenters. The second-order valence-electron chi connectivity index (χ2n) is 4.25. The minimum Gasteiger partial charge on any atom is -0.508 e. The van der Waals surface area contributed by atoms with Crippen molar-refractivity contribution >= 4 is 0 Å². The van der Waals surface area contributed by atoms with E-state index in [-0.39, 0.29) is 16.9 Å². The third kappa shape index (κ3) is 2.86. The van der Waals surface area contributed by atoms with Crippen LogP contribution in [0.4, 0.5) is 17.6 Å². The Bertz CT molecular complexity index is 597. The fourth-order valence-electron chi connectivity index (χ4n) is 1.84. The van der Waals surface area contributed by atoms with E-state index in [2.05, 4.69) is 0 Å². The van der Waals surface area contributed by atoms with Crippen LogP contribution in [0, 0.1) is 12.7 Å². The Morgan fingerprint density at radius 1 is 1.00 bits per heavy atom. The molecule has 2 rings (SSSR count). The van der Waals surface area contributed by atoms with Gasteiger partial charge >= 0.3 is 6.18 Å². The summed E-state index contributed by atoms with van der Waals surface area (Å²) in [6.45, 7) is 1.66. The van der Waals surface area contributed by atoms with Crippen LogP contribution in [0.2, 0.25) is 0 Å². The van der Waals surface area contributed by atoms with Crippen LogP contribution in [-0.2, 0) is 6.18 Å². The van der Waals surface area contributed by atoms with Crippen LogP contribution in [0.15, 0.2) is 36.4 Å². The zero-order valence-electron chi connectivity index (χ0n) is 9.92. The average molecular weight is 270 g/mol. The van der Waals surface area contributed by atoms with Gasteiger partial charge < -0.3 is 5.11 Å². The number of phenolic OH excluding ortho intramolecular Hbond substituents is 1. The number of rotatable bonds is 1. The fraction of sp³-hybridized carbons (Fsp3) is 0.143. The number of phenols is 1. The van der Waals surface area contributed by atoms with Gasteiger partial charge in [-0.1, -0.05) is 6.07 Å². The molecule has 0 fully saturated rings. The molecule has 0 heterocycles. The Kier molecular flexibility index (Phi) is 3.22. The number of aryl methyl sites for hydroxylation is 1. The monoisotopic (exact) mass is 270 g/mol. The van der Waals surface area contributed by atoms with Gasteiger partial charge in [0.2, 0.25) is 0 Å². The normalized spacial score (nSPS) is 11.6. The predicted molar refractivity (Wildman–Crippen MR) is 63.2 cm³/mol. The fourth-order valence-corrected chi connectivity index (χ4v) is 1.84. The highest BCUT2D eigenvalue weighted by atomic mass is 19.4. The van der Waals surface area contributed by atoms with Crippen LogP contribution in [0.1, 0.15) is 11.1 Å². The minimum absolute atomic E-state index is 0.119. The van der Waals surface area contributed by atoms with E-state index >= 15 is 0 Å². The maximum absolute atomic E-state index is 13.7. The van der Waals surface area contributed by atoms with E-state index < -0.39 is 17.6 Å². The molecular weight excluding hydrogens is 260 g/mol. The molecule has 0 unspecified atom stereocenters. The summed E-state index contributed by atoms with van der Waals surface area (Å²) in [5.74, 6) is -0.884. The maximum Gasteiger partial charge on any atom is 0.416 e. The molecule has 0 amide bonds. The first kappa shape index (κ1) is 13.4. The Hall–Kier alpha value is -2.04. The Morgan fingerprint density at radius 3 is 2.26 bits per heavy atom. The van der Waals surface area contributed by atoms with Crippen molar-refractivity contribution in [2.75, 3.05) is 0 Å². The van der Waals surface area contributed by atoms with Crippen molar-refractivity contribution < 1.29 is 22.7 Å². The lowest BCUT2D eigenvalue weighted by Crippen LogP contribution is -2.05. The largest absolute Gasteiger partial charge is 0.508 e. The summed E-state index contributed by atoms with van der Waals surface area (Å²) in [5, 5.41) is 9.43. The first-order chi connectivity index (χ1) is 8.77. The van der Waals surface area contributed by atoms with E-state index in [0.717, 1.165) is 12.1 Å². The van der Waals surface area contributed by atoms with Gasteiger partial charge in [-0.3, -0.25) is 0 Å². The smallest absolute Gasteiger partial charge is 0.416 e. The van der Waals surface area contributed by atoms with Crippen molar-refractivity contribution in [1.29, 1.82) is 0 Å². The van der Waals surface area contributed by atoms with Gasteiger partial charge in [0.05, 0.1) is 5.56 Å². The number of alkyl halides is 3. The molecule has 0 spiro atoms. The van der Waals surface area contributed by atoms with Crippen LogP contribution in [0.3, 0.4) is 0 Å². The van der Waals surface area contributed by atoms with Crippen LogP contribution < -0.4 is 0 Å². The highest BCUT2D eigenvalue weighted by molar-refractivity contribution is 5.67. The van der Waals surface area contributed by atoms with Gasteiger partial charge in [0.25, 0.3) is 0 Å². The van der Waals surface area contributed by atoms with E-state index in [0.29, 0.717) is 11.6 Å². The molecule has 0 aliphatic rings. The molecule has 1 N–H and O–H groups in total. The molecule has 19 heavy (non-hydrogen) atoms. The number of hydrogen-bond acceptors (Lipinski definition) is 1. The van der Waals surface area contributed by atoms with Crippen molar-refractivity contribution in [1.82, 2.24) is 0 Å². The molecule has 0 aliphatic carbocycles. The molecular formula is C14H10F4O. The molecule has 1 nitrogen and oxygen atoms in total. The van der Waals surface area contributed by atoms with Crippen LogP contribution >= 0.6 is 0 Å². The molecule has 2 aromatic rings. The number of hydrogen-bond donors (Lipinski definition) is 1. The summed E-state index contributed by atoms with van der Waals surface area (Å²) in [4.78, 5) is 0. The van der Waals surface area contributed by atoms with E-state index in [1.807, 2.05) is 0 Å². The van der Waals surface area contributed by atoms with Crippen LogP contribution in [-0.4, -0.2) is 5.11 Å². The molecule has 0 radical (unpaired) electrons. The molecule has 0 aromatic heterocycles. The van der Waals surface area contributed by atoms with Gasteiger partial charge in [-0.05, 0) is 48.4 Å². The average Bonchev–Trinajstić information content (AvgIpc) is 2.26. The Morgan fingerprint density at radius 2 is 1.68 bits per heavy atom. The van der Waals surface area contributed by atoms with Crippen molar-refractivity contribution in [3.63, 3.8) is 0 Å². The molecule has 100 valence electrons. The summed E-state index contributed by atoms with van der Waals surface area (Å²) in [6.07, 6.45) is -4.53. The third-order valence-electron chi connectivity index (χ3n) is 2.67. The molecule has 0 bridgehead atoms. The summed E-state index contributed by atoms with van der Waals surface area (Å²) in [5.41, 5.74) is -0.272. The van der Waals surface area contributed by atoms with E-state index in [4.69, 9.17) is 0 Å². The molecule has 2 aromatic carbocycles. The molecule has 0 aliphatic heterocycles. The summed E-state index contributed by atoms with van der Waals surface area (Å²) >= 11 is 0. The van der Waals surface area contributed by atoms with Crippen molar-refractivity contribution in [3.8, 4) is 16.9 Å². The van der Waals surface area contributed by atoms with Gasteiger partial charge in [0, 0.05) is 5.56 Å². The third-order valence-corrected chi connectivity index (χ3v) is 2.67. The number of benzene rings is 2. The second kappa shape index (κ2) is 4.57. The summed E-state index contributed by atoms with van der Waals surface area (Å²) < 4.78 is 51.5. The van der Waals surface area contributed by atoms with Crippen molar-refractivity contribution in [3.05, 3.63) is 53.3 Å². The predicted octanol–water partition coefficient (Wildman–Crippen LogP) is 4.53. The molecule has 5 heteroatoms. The highest BCUT2D eigenvalue weighted by Crippen LogP contribution is 2.34. The molecule has 0 saturated carbocycles. The number of halogens is 4. The van der Waals surface area contributed by atoms with Gasteiger partial charge in [-0.15, -0.1) is 0 Å². The first-order valence-corrected chi connectivity index (χ1v) is 5.45. The Labute approximate surface area is 107 Å². The zero-order chi connectivity index (χ0) is 14.2. The van der Waals surface area contributed by atoms with Crippen LogP contribution in [0.25, 0.3) is 11.1 Å². The summed E-state index contributed by atoms with van der Waals surface area (Å²) in [6, 6.07) is 6.38. The maximum atomic E-state index is 13.7. The van der Waals surface area contributed by atoms with Crippen molar-refractivity contribution in [2.24, 2.45) is 0 Å². The summed E-state index contributed by atoms with van der Waals surface area (Å²) in [7, 11) is 0. The van der Waals surface area contributed by atoms with E-state index in [1.54, 1.807) is 6.92 Å². The van der Waals surface area contributed by atoms with E-state index in [1.165, 1.54) is 18.2 Å². The quantitative estimate of drug-likeness (QED) is 0.755. The lowest BCUT2D eigenvalue weighted by Gasteiger charge is -2.11. The van der Waals surface area contributed by atoms with Crippen LogP contribution in [0.5, 0.6) is 5.75 Å². The zero-order valence-corrected chi connectivity index (χ0v) is 9.92. The standard InChI is InChI=1S/C14H10F4O/c1-8-4-9(6-11(19)5-8)12-7-10(14(16,17)18)2-3-13(12)15/h2-7,19H,1H3. The minimum atomic E-state index is -4.53. The highest BCUT2D eigenvalue weighted by Gasteiger charge is 2.31. The first-order valence-electron chi connectivity index (χ1n) is 5.45. The van der Waals surface area contributed by atoms with Gasteiger partial charge in [0.1, 0.15) is 11.6 Å². The van der Waals surface area contributed by atoms with Gasteiger partial charge in [-0.2, -0.15) is 13.2 Å². The van der Waals surface area contributed by atoms with E-state index in [9.17, 15) is 22.7 Å². The second-order valence-corrected chi connectivity index (χ2v) is 4.25. The molecule has 0 saturated heterocycles.